The van der Waals surface area contributed by atoms with Crippen LogP contribution in [0.2, 0.25) is 0 Å². The molecule has 1 aromatic heterocycles. The first-order chi connectivity index (χ1) is 7.02. The molecule has 0 fully saturated rings. The van der Waals surface area contributed by atoms with Crippen LogP contribution in [0.25, 0.3) is 0 Å². The quantitative estimate of drug-likeness (QED) is 0.788. The summed E-state index contributed by atoms with van der Waals surface area (Å²) in [6, 6.07) is 0. The van der Waals surface area contributed by atoms with Gasteiger partial charge < -0.3 is 11.1 Å². The Hall–Kier alpha value is -0.940. The van der Waals surface area contributed by atoms with Crippen LogP contribution in [0, 0.1) is 12.8 Å². The molecular formula is C10H14N2OS2. The summed E-state index contributed by atoms with van der Waals surface area (Å²) in [6.07, 6.45) is 0. The lowest BCUT2D eigenvalue weighted by Crippen LogP contribution is -2.35. The van der Waals surface area contributed by atoms with Gasteiger partial charge in [0.15, 0.2) is 0 Å². The van der Waals surface area contributed by atoms with Crippen LogP contribution >= 0.6 is 23.6 Å². The molecule has 0 aliphatic rings. The number of rotatable bonds is 4. The number of nitrogens with one attached hydrogen (secondary N) is 1. The zero-order chi connectivity index (χ0) is 11.4. The molecule has 15 heavy (non-hydrogen) atoms. The molecule has 0 saturated carbocycles. The van der Waals surface area contributed by atoms with Gasteiger partial charge in [0.05, 0.1) is 10.9 Å². The summed E-state index contributed by atoms with van der Waals surface area (Å²) in [7, 11) is 0. The van der Waals surface area contributed by atoms with Gasteiger partial charge in [-0.3, -0.25) is 4.79 Å². The van der Waals surface area contributed by atoms with Crippen LogP contribution in [0.15, 0.2) is 10.8 Å². The zero-order valence-electron chi connectivity index (χ0n) is 8.74. The van der Waals surface area contributed by atoms with Crippen molar-refractivity contribution in [2.75, 3.05) is 0 Å². The van der Waals surface area contributed by atoms with E-state index in [1.54, 1.807) is 18.3 Å². The summed E-state index contributed by atoms with van der Waals surface area (Å²) in [6.45, 7) is 4.27. The maximum absolute atomic E-state index is 11.5. The molecule has 0 aliphatic heterocycles. The minimum absolute atomic E-state index is 0.117. The Labute approximate surface area is 98.7 Å². The van der Waals surface area contributed by atoms with E-state index >= 15 is 0 Å². The van der Waals surface area contributed by atoms with Crippen molar-refractivity contribution in [2.24, 2.45) is 11.7 Å². The normalized spacial score (nSPS) is 12.1. The standard InChI is InChI=1S/C10H14N2OS2/c1-6-4-15-5-8(6)3-12-10(13)7(2)9(11)14/h4-5,7H,3H2,1-2H3,(H2,11,14)(H,12,13). The SMILES string of the molecule is Cc1cscc1CNC(=O)C(C)C(N)=S. The lowest BCUT2D eigenvalue weighted by molar-refractivity contribution is -0.122. The molecule has 0 bridgehead atoms. The molecule has 1 unspecified atom stereocenters. The lowest BCUT2D eigenvalue weighted by atomic mass is 10.1. The fourth-order valence-electron chi connectivity index (χ4n) is 1.03. The molecular weight excluding hydrogens is 228 g/mol. The van der Waals surface area contributed by atoms with Gasteiger partial charge in [-0.15, -0.1) is 0 Å². The number of thiophene rings is 1. The summed E-state index contributed by atoms with van der Waals surface area (Å²) < 4.78 is 0. The summed E-state index contributed by atoms with van der Waals surface area (Å²) in [5.41, 5.74) is 7.73. The van der Waals surface area contributed by atoms with Gasteiger partial charge in [-0.05, 0) is 35.7 Å². The van der Waals surface area contributed by atoms with Crippen LogP contribution in [0.4, 0.5) is 0 Å². The molecule has 3 nitrogen and oxygen atoms in total. The number of amides is 1. The van der Waals surface area contributed by atoms with Gasteiger partial charge in [-0.2, -0.15) is 11.3 Å². The van der Waals surface area contributed by atoms with Crippen LogP contribution < -0.4 is 11.1 Å². The Morgan fingerprint density at radius 1 is 1.67 bits per heavy atom. The summed E-state index contributed by atoms with van der Waals surface area (Å²) >= 11 is 6.38. The fourth-order valence-corrected chi connectivity index (χ4v) is 2.00. The number of nitrogens with two attached hydrogens (primary N) is 1. The minimum atomic E-state index is -0.404. The molecule has 1 atom stereocenters. The van der Waals surface area contributed by atoms with E-state index in [4.69, 9.17) is 18.0 Å². The number of thiocarbonyl (C=S) groups is 1. The van der Waals surface area contributed by atoms with Crippen molar-refractivity contribution >= 4 is 34.5 Å². The van der Waals surface area contributed by atoms with Crippen molar-refractivity contribution in [3.8, 4) is 0 Å². The Kier molecular flexibility index (Phi) is 4.23. The minimum Gasteiger partial charge on any atom is -0.393 e. The van der Waals surface area contributed by atoms with Crippen LogP contribution in [0.3, 0.4) is 0 Å². The molecule has 0 spiro atoms. The van der Waals surface area contributed by atoms with E-state index < -0.39 is 5.92 Å². The fraction of sp³-hybridized carbons (Fsp3) is 0.400. The highest BCUT2D eigenvalue weighted by atomic mass is 32.1. The molecule has 0 radical (unpaired) electrons. The highest BCUT2D eigenvalue weighted by Crippen LogP contribution is 2.13. The Morgan fingerprint density at radius 3 is 2.80 bits per heavy atom. The van der Waals surface area contributed by atoms with Gasteiger partial charge >= 0.3 is 0 Å². The van der Waals surface area contributed by atoms with Crippen molar-refractivity contribution in [3.05, 3.63) is 21.9 Å². The van der Waals surface area contributed by atoms with Crippen LogP contribution in [-0.4, -0.2) is 10.9 Å². The van der Waals surface area contributed by atoms with Gasteiger partial charge in [0.2, 0.25) is 5.91 Å². The van der Waals surface area contributed by atoms with Crippen LogP contribution in [0.5, 0.6) is 0 Å². The second-order valence-electron chi connectivity index (χ2n) is 3.42. The van der Waals surface area contributed by atoms with Gasteiger partial charge in [0.1, 0.15) is 0 Å². The molecule has 0 aliphatic carbocycles. The first kappa shape index (κ1) is 12.1. The predicted octanol–water partition coefficient (Wildman–Crippen LogP) is 1.59. The Morgan fingerprint density at radius 2 is 2.33 bits per heavy atom. The highest BCUT2D eigenvalue weighted by Gasteiger charge is 2.15. The third-order valence-electron chi connectivity index (χ3n) is 2.23. The lowest BCUT2D eigenvalue weighted by Gasteiger charge is -2.10. The molecule has 1 heterocycles. The number of carbonyl (C=O) groups excluding carboxylic acids is 1. The average molecular weight is 242 g/mol. The number of carbonyl (C=O) groups is 1. The van der Waals surface area contributed by atoms with E-state index in [2.05, 4.69) is 10.7 Å². The summed E-state index contributed by atoms with van der Waals surface area (Å²) in [4.78, 5) is 11.7. The number of aryl methyl sites for hydroxylation is 1. The predicted molar refractivity (Wildman–Crippen MR) is 66.9 cm³/mol. The van der Waals surface area contributed by atoms with E-state index in [1.807, 2.05) is 12.3 Å². The maximum atomic E-state index is 11.5. The number of hydrogen-bond donors (Lipinski definition) is 2. The second-order valence-corrected chi connectivity index (χ2v) is 4.64. The number of hydrogen-bond acceptors (Lipinski definition) is 3. The zero-order valence-corrected chi connectivity index (χ0v) is 10.4. The summed E-state index contributed by atoms with van der Waals surface area (Å²) in [5, 5.41) is 6.89. The van der Waals surface area contributed by atoms with Crippen molar-refractivity contribution < 1.29 is 4.79 Å². The van der Waals surface area contributed by atoms with E-state index in [-0.39, 0.29) is 10.9 Å². The van der Waals surface area contributed by atoms with E-state index in [0.717, 1.165) is 5.56 Å². The van der Waals surface area contributed by atoms with E-state index in [0.29, 0.717) is 6.54 Å². The molecule has 1 amide bonds. The third kappa shape index (κ3) is 3.28. The van der Waals surface area contributed by atoms with Crippen molar-refractivity contribution in [1.29, 1.82) is 0 Å². The molecule has 3 N–H and O–H groups in total. The monoisotopic (exact) mass is 242 g/mol. The van der Waals surface area contributed by atoms with Gasteiger partial charge in [0.25, 0.3) is 0 Å². The molecule has 0 aromatic carbocycles. The van der Waals surface area contributed by atoms with Gasteiger partial charge in [0, 0.05) is 6.54 Å². The third-order valence-corrected chi connectivity index (χ3v) is 3.50. The first-order valence-corrected chi connectivity index (χ1v) is 5.96. The maximum Gasteiger partial charge on any atom is 0.229 e. The topological polar surface area (TPSA) is 55.1 Å². The van der Waals surface area contributed by atoms with E-state index in [1.165, 1.54) is 5.56 Å². The van der Waals surface area contributed by atoms with Gasteiger partial charge in [-0.25, -0.2) is 0 Å². The van der Waals surface area contributed by atoms with E-state index in [9.17, 15) is 4.79 Å². The molecule has 1 aromatic rings. The highest BCUT2D eigenvalue weighted by molar-refractivity contribution is 7.80. The molecule has 0 saturated heterocycles. The van der Waals surface area contributed by atoms with Crippen molar-refractivity contribution in [1.82, 2.24) is 5.32 Å². The van der Waals surface area contributed by atoms with Crippen molar-refractivity contribution in [2.45, 2.75) is 20.4 Å². The van der Waals surface area contributed by atoms with Crippen molar-refractivity contribution in [3.63, 3.8) is 0 Å². The molecule has 1 rings (SSSR count). The van der Waals surface area contributed by atoms with Crippen LogP contribution in [-0.2, 0) is 11.3 Å². The summed E-state index contributed by atoms with van der Waals surface area (Å²) in [5.74, 6) is -0.521. The Balaban J connectivity index is 2.48. The smallest absolute Gasteiger partial charge is 0.229 e. The molecule has 82 valence electrons. The Bertz CT molecular complexity index is 373. The molecule has 5 heteroatoms. The second kappa shape index (κ2) is 5.23. The first-order valence-electron chi connectivity index (χ1n) is 4.61. The van der Waals surface area contributed by atoms with Gasteiger partial charge in [-0.1, -0.05) is 12.2 Å². The largest absolute Gasteiger partial charge is 0.393 e. The van der Waals surface area contributed by atoms with Crippen LogP contribution in [0.1, 0.15) is 18.1 Å². The average Bonchev–Trinajstić information content (AvgIpc) is 2.59.